The zero-order valence-corrected chi connectivity index (χ0v) is 11.2. The number of carbonyl (C=O) groups excluding carboxylic acids is 1. The molecule has 0 saturated heterocycles. The number of carboxylic acids is 1. The summed E-state index contributed by atoms with van der Waals surface area (Å²) in [5.74, 6) is -1.24. The van der Waals surface area contributed by atoms with Crippen molar-refractivity contribution in [2.45, 2.75) is 31.7 Å². The molecule has 1 aromatic heterocycles. The first kappa shape index (κ1) is 16.8. The van der Waals surface area contributed by atoms with Crippen LogP contribution in [0.25, 0.3) is 0 Å². The van der Waals surface area contributed by atoms with E-state index in [1.165, 1.54) is 6.92 Å². The number of amides is 2. The van der Waals surface area contributed by atoms with Crippen LogP contribution in [0.5, 0.6) is 0 Å². The van der Waals surface area contributed by atoms with Gasteiger partial charge in [0, 0.05) is 0 Å². The minimum atomic E-state index is -1.44. The van der Waals surface area contributed by atoms with Crippen molar-refractivity contribution in [2.24, 2.45) is 5.73 Å². The van der Waals surface area contributed by atoms with E-state index in [0.717, 1.165) is 0 Å². The van der Waals surface area contributed by atoms with Crippen LogP contribution in [0.2, 0.25) is 0 Å². The van der Waals surface area contributed by atoms with E-state index < -0.39 is 30.2 Å². The molecule has 0 spiro atoms. The van der Waals surface area contributed by atoms with E-state index in [1.807, 2.05) is 0 Å². The van der Waals surface area contributed by atoms with E-state index in [2.05, 4.69) is 20.8 Å². The minimum absolute atomic E-state index is 0.0158. The van der Waals surface area contributed by atoms with Crippen molar-refractivity contribution < 1.29 is 29.4 Å². The average molecular weight is 303 g/mol. The summed E-state index contributed by atoms with van der Waals surface area (Å²) in [6.45, 7) is 0.727. The molecule has 0 fully saturated rings. The van der Waals surface area contributed by atoms with Crippen molar-refractivity contribution in [2.75, 3.05) is 6.61 Å². The molecular weight excluding hydrogens is 286 g/mol. The number of aliphatic hydroxyl groups excluding tert-OH is 2. The second kappa shape index (κ2) is 7.52. The van der Waals surface area contributed by atoms with Crippen LogP contribution in [0.3, 0.4) is 0 Å². The third kappa shape index (κ3) is 4.98. The van der Waals surface area contributed by atoms with Crippen LogP contribution < -0.4 is 16.4 Å². The molecule has 0 bridgehead atoms. The number of carbonyl (C=O) groups is 2. The molecule has 1 aromatic rings. The highest BCUT2D eigenvalue weighted by Gasteiger charge is 2.25. The Hall–Kier alpha value is -2.24. The molecule has 1 rings (SSSR count). The quantitative estimate of drug-likeness (QED) is 0.322. The SMILES string of the molecule is CC(O)[C@H](NC(=O)NCc1noc([C@@H](N)CO)n1)C(=O)O. The third-order valence-corrected chi connectivity index (χ3v) is 2.44. The molecule has 0 aliphatic heterocycles. The highest BCUT2D eigenvalue weighted by Crippen LogP contribution is 2.05. The summed E-state index contributed by atoms with van der Waals surface area (Å²) in [4.78, 5) is 26.1. The number of aliphatic hydroxyl groups is 2. The van der Waals surface area contributed by atoms with Gasteiger partial charge in [-0.3, -0.25) is 0 Å². The summed E-state index contributed by atoms with van der Waals surface area (Å²) in [5, 5.41) is 34.7. The maximum atomic E-state index is 11.5. The summed E-state index contributed by atoms with van der Waals surface area (Å²) in [7, 11) is 0. The van der Waals surface area contributed by atoms with Crippen molar-refractivity contribution in [3.63, 3.8) is 0 Å². The number of nitrogens with zero attached hydrogens (tertiary/aromatic N) is 2. The molecule has 2 amide bonds. The number of hydrogen-bond acceptors (Lipinski definition) is 8. The Balaban J connectivity index is 2.49. The van der Waals surface area contributed by atoms with Gasteiger partial charge >= 0.3 is 12.0 Å². The molecule has 0 aromatic carbocycles. The van der Waals surface area contributed by atoms with Gasteiger partial charge in [0.2, 0.25) is 5.89 Å². The van der Waals surface area contributed by atoms with Crippen molar-refractivity contribution in [3.8, 4) is 0 Å². The second-order valence-corrected chi connectivity index (χ2v) is 4.22. The van der Waals surface area contributed by atoms with Crippen molar-refractivity contribution >= 4 is 12.0 Å². The Morgan fingerprint density at radius 1 is 1.48 bits per heavy atom. The molecule has 0 aliphatic rings. The fourth-order valence-corrected chi connectivity index (χ4v) is 1.31. The summed E-state index contributed by atoms with van der Waals surface area (Å²) >= 11 is 0. The van der Waals surface area contributed by atoms with Crippen molar-refractivity contribution in [3.05, 3.63) is 11.7 Å². The molecule has 0 saturated carbocycles. The molecule has 11 nitrogen and oxygen atoms in total. The Bertz CT molecular complexity index is 490. The Morgan fingerprint density at radius 3 is 2.67 bits per heavy atom. The molecule has 21 heavy (non-hydrogen) atoms. The van der Waals surface area contributed by atoms with Crippen molar-refractivity contribution in [1.82, 2.24) is 20.8 Å². The van der Waals surface area contributed by atoms with Crippen LogP contribution in [-0.2, 0) is 11.3 Å². The van der Waals surface area contributed by atoms with Gasteiger partial charge < -0.3 is 36.2 Å². The van der Waals surface area contributed by atoms with Gasteiger partial charge in [0.1, 0.15) is 6.04 Å². The topological polar surface area (TPSA) is 184 Å². The van der Waals surface area contributed by atoms with Gasteiger partial charge in [-0.25, -0.2) is 9.59 Å². The number of nitrogens with two attached hydrogens (primary N) is 1. The molecule has 0 aliphatic carbocycles. The monoisotopic (exact) mass is 303 g/mol. The summed E-state index contributed by atoms with van der Waals surface area (Å²) < 4.78 is 4.76. The number of urea groups is 1. The van der Waals surface area contributed by atoms with Crippen LogP contribution in [0.4, 0.5) is 4.79 Å². The third-order valence-electron chi connectivity index (χ3n) is 2.44. The van der Waals surface area contributed by atoms with Gasteiger partial charge in [-0.05, 0) is 6.92 Å². The second-order valence-electron chi connectivity index (χ2n) is 4.22. The predicted molar refractivity (Wildman–Crippen MR) is 66.8 cm³/mol. The number of rotatable bonds is 7. The molecule has 118 valence electrons. The first-order valence-corrected chi connectivity index (χ1v) is 5.99. The summed E-state index contributed by atoms with van der Waals surface area (Å²) in [5.41, 5.74) is 5.46. The number of aliphatic carboxylic acids is 1. The van der Waals surface area contributed by atoms with E-state index in [0.29, 0.717) is 0 Å². The maximum Gasteiger partial charge on any atom is 0.328 e. The van der Waals surface area contributed by atoms with Gasteiger partial charge in [-0.15, -0.1) is 0 Å². The van der Waals surface area contributed by atoms with E-state index in [4.69, 9.17) is 20.5 Å². The van der Waals surface area contributed by atoms with Crippen LogP contribution in [0.1, 0.15) is 24.7 Å². The molecule has 3 atom stereocenters. The van der Waals surface area contributed by atoms with Gasteiger partial charge in [-0.2, -0.15) is 4.98 Å². The van der Waals surface area contributed by atoms with E-state index in [1.54, 1.807) is 0 Å². The van der Waals surface area contributed by atoms with Crippen LogP contribution >= 0.6 is 0 Å². The van der Waals surface area contributed by atoms with Crippen LogP contribution in [0.15, 0.2) is 4.52 Å². The van der Waals surface area contributed by atoms with Gasteiger partial charge in [0.25, 0.3) is 0 Å². The largest absolute Gasteiger partial charge is 0.480 e. The van der Waals surface area contributed by atoms with Gasteiger partial charge in [0.05, 0.1) is 19.3 Å². The highest BCUT2D eigenvalue weighted by molar-refractivity contribution is 5.82. The normalized spacial score (nSPS) is 15.0. The summed E-state index contributed by atoms with van der Waals surface area (Å²) in [6, 6.07) is -3.07. The predicted octanol–water partition coefficient (Wildman–Crippen LogP) is -2.31. The molecule has 11 heteroatoms. The Kier molecular flexibility index (Phi) is 6.02. The lowest BCUT2D eigenvalue weighted by molar-refractivity contribution is -0.141. The van der Waals surface area contributed by atoms with E-state index in [9.17, 15) is 14.7 Å². The van der Waals surface area contributed by atoms with Gasteiger partial charge in [-0.1, -0.05) is 5.16 Å². The number of hydrogen-bond donors (Lipinski definition) is 6. The average Bonchev–Trinajstić information content (AvgIpc) is 2.89. The number of carboxylic acid groups (broad SMARTS) is 1. The lowest BCUT2D eigenvalue weighted by Crippen LogP contribution is -2.51. The molecule has 1 unspecified atom stereocenters. The smallest absolute Gasteiger partial charge is 0.328 e. The minimum Gasteiger partial charge on any atom is -0.480 e. The fraction of sp³-hybridized carbons (Fsp3) is 0.600. The molecule has 1 heterocycles. The lowest BCUT2D eigenvalue weighted by Gasteiger charge is -2.16. The Labute approximate surface area is 119 Å². The number of aromatic nitrogens is 2. The molecule has 0 radical (unpaired) electrons. The van der Waals surface area contributed by atoms with Crippen molar-refractivity contribution in [1.29, 1.82) is 0 Å². The van der Waals surface area contributed by atoms with Crippen LogP contribution in [-0.4, -0.2) is 56.2 Å². The molecule has 7 N–H and O–H groups in total. The zero-order chi connectivity index (χ0) is 16.0. The number of nitrogens with one attached hydrogen (secondary N) is 2. The zero-order valence-electron chi connectivity index (χ0n) is 11.2. The fourth-order valence-electron chi connectivity index (χ4n) is 1.31. The summed E-state index contributed by atoms with van der Waals surface area (Å²) in [6.07, 6.45) is -1.26. The Morgan fingerprint density at radius 2 is 2.14 bits per heavy atom. The standard InChI is InChI=1S/C10H17N5O6/c1-4(17)7(9(18)19)14-10(20)12-2-6-13-8(21-15-6)5(11)3-16/h4-5,7,16-17H,2-3,11H2,1H3,(H,18,19)(H2,12,14,20)/t4?,5-,7-/m0/s1. The van der Waals surface area contributed by atoms with E-state index >= 15 is 0 Å². The lowest BCUT2D eigenvalue weighted by atomic mass is 10.2. The highest BCUT2D eigenvalue weighted by atomic mass is 16.5. The first-order valence-electron chi connectivity index (χ1n) is 5.99. The first-order chi connectivity index (χ1) is 9.85. The van der Waals surface area contributed by atoms with Crippen LogP contribution in [0, 0.1) is 0 Å². The molecular formula is C10H17N5O6. The van der Waals surface area contributed by atoms with E-state index in [-0.39, 0.29) is 24.9 Å². The van der Waals surface area contributed by atoms with Gasteiger partial charge in [0.15, 0.2) is 11.9 Å². The maximum absolute atomic E-state index is 11.5.